The Morgan fingerprint density at radius 3 is 2.39 bits per heavy atom. The third-order valence-corrected chi connectivity index (χ3v) is 5.62. The second-order valence-corrected chi connectivity index (χ2v) is 7.78. The van der Waals surface area contributed by atoms with E-state index in [9.17, 15) is 25.0 Å². The van der Waals surface area contributed by atoms with E-state index in [1.165, 1.54) is 29.8 Å². The topological polar surface area (TPSA) is 125 Å². The van der Waals surface area contributed by atoms with Crippen LogP contribution in [0.4, 0.5) is 11.4 Å². The molecule has 1 amide bonds. The molecule has 0 bridgehead atoms. The molecule has 1 aliphatic heterocycles. The van der Waals surface area contributed by atoms with Crippen molar-refractivity contribution < 1.29 is 24.1 Å². The predicted molar refractivity (Wildman–Crippen MR) is 118 cm³/mol. The summed E-state index contributed by atoms with van der Waals surface area (Å²) in [4.78, 5) is 35.0. The van der Waals surface area contributed by atoms with Crippen molar-refractivity contribution in [2.75, 3.05) is 13.7 Å². The predicted octanol–water partition coefficient (Wildman–Crippen LogP) is 4.53. The summed E-state index contributed by atoms with van der Waals surface area (Å²) in [5.41, 5.74) is -0.340. The van der Waals surface area contributed by atoms with Crippen molar-refractivity contribution in [1.29, 1.82) is 0 Å². The molecule has 0 saturated carbocycles. The normalized spacial score (nSPS) is 14.8. The molecule has 160 valence electrons. The van der Waals surface area contributed by atoms with E-state index in [2.05, 4.69) is 0 Å². The number of carbonyl (C=O) groups excluding carboxylic acids is 1. The van der Waals surface area contributed by atoms with Crippen LogP contribution in [0.3, 0.4) is 0 Å². The minimum atomic E-state index is -0.765. The van der Waals surface area contributed by atoms with Gasteiger partial charge in [0.1, 0.15) is 4.32 Å². The van der Waals surface area contributed by atoms with Gasteiger partial charge in [0.2, 0.25) is 5.75 Å². The number of hydrogen-bond donors (Lipinski definition) is 0. The molecule has 0 aromatic heterocycles. The average molecular weight is 461 g/mol. The van der Waals surface area contributed by atoms with Gasteiger partial charge in [0.05, 0.1) is 27.9 Å². The van der Waals surface area contributed by atoms with Gasteiger partial charge in [0.25, 0.3) is 11.6 Å². The van der Waals surface area contributed by atoms with Crippen molar-refractivity contribution >= 4 is 51.7 Å². The summed E-state index contributed by atoms with van der Waals surface area (Å²) < 4.78 is 11.4. The zero-order valence-corrected chi connectivity index (χ0v) is 17.9. The Hall–Kier alpha value is -3.51. The highest BCUT2D eigenvalue weighted by Gasteiger charge is 2.30. The summed E-state index contributed by atoms with van der Waals surface area (Å²) in [6.45, 7) is 2.31. The number of non-ortho nitro benzene ring substituents is 1. The van der Waals surface area contributed by atoms with Gasteiger partial charge in [0.15, 0.2) is 11.5 Å². The number of thioether (sulfide) groups is 1. The first-order chi connectivity index (χ1) is 14.7. The van der Waals surface area contributed by atoms with E-state index >= 15 is 0 Å². The Kier molecular flexibility index (Phi) is 6.51. The number of carbonyl (C=O) groups is 1. The van der Waals surface area contributed by atoms with Gasteiger partial charge in [0, 0.05) is 12.6 Å². The van der Waals surface area contributed by atoms with Crippen LogP contribution in [0, 0.1) is 20.2 Å². The molecule has 0 radical (unpaired) electrons. The van der Waals surface area contributed by atoms with E-state index in [4.69, 9.17) is 21.7 Å². The largest absolute Gasteiger partial charge is 0.493 e. The quantitative estimate of drug-likeness (QED) is 0.253. The summed E-state index contributed by atoms with van der Waals surface area (Å²) in [5, 5.41) is 22.2. The highest BCUT2D eigenvalue weighted by molar-refractivity contribution is 8.26. The number of nitrogens with zero attached hydrogens (tertiary/aromatic N) is 3. The molecular weight excluding hydrogens is 446 g/mol. The van der Waals surface area contributed by atoms with Crippen molar-refractivity contribution in [1.82, 2.24) is 4.90 Å². The van der Waals surface area contributed by atoms with Gasteiger partial charge in [-0.15, -0.1) is 0 Å². The fraction of sp³-hybridized carbons (Fsp3) is 0.158. The molecule has 0 N–H and O–H groups in total. The SMILES string of the molecule is CCN1C(=O)/C(=C/c2ccc(Oc3ccc([N+](=O)[O-])cc3[N+](=O)[O-])c(OC)c2)SC1=S. The summed E-state index contributed by atoms with van der Waals surface area (Å²) in [6, 6.07) is 7.86. The highest BCUT2D eigenvalue weighted by atomic mass is 32.2. The molecule has 12 heteroatoms. The molecule has 3 rings (SSSR count). The second-order valence-electron chi connectivity index (χ2n) is 6.10. The van der Waals surface area contributed by atoms with Gasteiger partial charge in [-0.3, -0.25) is 29.9 Å². The Balaban J connectivity index is 1.92. The van der Waals surface area contributed by atoms with Crippen LogP contribution < -0.4 is 9.47 Å². The van der Waals surface area contributed by atoms with Crippen molar-refractivity contribution in [2.24, 2.45) is 0 Å². The maximum absolute atomic E-state index is 12.4. The van der Waals surface area contributed by atoms with Gasteiger partial charge in [-0.2, -0.15) is 0 Å². The van der Waals surface area contributed by atoms with Crippen molar-refractivity contribution in [2.45, 2.75) is 6.92 Å². The number of hydrogen-bond acceptors (Lipinski definition) is 9. The minimum Gasteiger partial charge on any atom is -0.493 e. The lowest BCUT2D eigenvalue weighted by atomic mass is 10.1. The fourth-order valence-electron chi connectivity index (χ4n) is 2.75. The van der Waals surface area contributed by atoms with Crippen molar-refractivity contribution in [3.05, 3.63) is 67.1 Å². The maximum Gasteiger partial charge on any atom is 0.318 e. The number of likely N-dealkylation sites (N-methyl/N-ethyl adjacent to an activating group) is 1. The number of thiocarbonyl (C=S) groups is 1. The number of rotatable bonds is 7. The molecule has 2 aromatic carbocycles. The number of benzene rings is 2. The van der Waals surface area contributed by atoms with E-state index in [0.717, 1.165) is 18.2 Å². The van der Waals surface area contributed by atoms with Crippen LogP contribution in [0.25, 0.3) is 6.08 Å². The van der Waals surface area contributed by atoms with Gasteiger partial charge in [-0.25, -0.2) is 0 Å². The van der Waals surface area contributed by atoms with Gasteiger partial charge < -0.3 is 9.47 Å². The number of amides is 1. The third kappa shape index (κ3) is 4.64. The highest BCUT2D eigenvalue weighted by Crippen LogP contribution is 2.39. The number of nitro benzene ring substituents is 2. The molecular formula is C19H15N3O7S2. The van der Waals surface area contributed by atoms with Crippen LogP contribution >= 0.6 is 24.0 Å². The maximum atomic E-state index is 12.4. The first-order valence-electron chi connectivity index (χ1n) is 8.79. The smallest absolute Gasteiger partial charge is 0.318 e. The summed E-state index contributed by atoms with van der Waals surface area (Å²) in [6.07, 6.45) is 1.66. The molecule has 10 nitrogen and oxygen atoms in total. The molecule has 1 aliphatic rings. The monoisotopic (exact) mass is 461 g/mol. The average Bonchev–Trinajstić information content (AvgIpc) is 3.01. The minimum absolute atomic E-state index is 0.165. The summed E-state index contributed by atoms with van der Waals surface area (Å²) in [5.74, 6) is 0.0637. The molecule has 0 aliphatic carbocycles. The lowest BCUT2D eigenvalue weighted by Gasteiger charge is -2.11. The Bertz CT molecular complexity index is 1130. The van der Waals surface area contributed by atoms with E-state index in [0.29, 0.717) is 21.3 Å². The van der Waals surface area contributed by atoms with Crippen LogP contribution in [0.5, 0.6) is 17.2 Å². The molecule has 0 unspecified atom stereocenters. The Morgan fingerprint density at radius 1 is 1.10 bits per heavy atom. The third-order valence-electron chi connectivity index (χ3n) is 4.25. The molecule has 1 heterocycles. The Labute approximate surface area is 185 Å². The standard InChI is InChI=1S/C19H15N3O7S2/c1-3-20-18(23)17(31-19(20)30)9-11-4-6-15(16(8-11)28-2)29-14-7-5-12(21(24)25)10-13(14)22(26)27/h4-10H,3H2,1-2H3/b17-9-. The Morgan fingerprint density at radius 2 is 1.81 bits per heavy atom. The molecule has 1 saturated heterocycles. The number of methoxy groups -OCH3 is 1. The van der Waals surface area contributed by atoms with Crippen LogP contribution in [0.1, 0.15) is 12.5 Å². The molecule has 1 fully saturated rings. The summed E-state index contributed by atoms with van der Waals surface area (Å²) in [7, 11) is 1.40. The van der Waals surface area contributed by atoms with E-state index in [1.807, 2.05) is 6.92 Å². The zero-order chi connectivity index (χ0) is 22.7. The zero-order valence-electron chi connectivity index (χ0n) is 16.3. The molecule has 0 atom stereocenters. The van der Waals surface area contributed by atoms with Crippen LogP contribution in [0.2, 0.25) is 0 Å². The first-order valence-corrected chi connectivity index (χ1v) is 10.0. The first kappa shape index (κ1) is 22.2. The lowest BCUT2D eigenvalue weighted by Crippen LogP contribution is -2.27. The van der Waals surface area contributed by atoms with E-state index in [1.54, 1.807) is 18.2 Å². The van der Waals surface area contributed by atoms with E-state index < -0.39 is 21.2 Å². The number of ether oxygens (including phenoxy) is 2. The molecule has 0 spiro atoms. The van der Waals surface area contributed by atoms with Crippen LogP contribution in [0.15, 0.2) is 41.3 Å². The second kappa shape index (κ2) is 9.10. The van der Waals surface area contributed by atoms with Gasteiger partial charge in [-0.05, 0) is 36.8 Å². The fourth-order valence-corrected chi connectivity index (χ4v) is 4.13. The molecule has 2 aromatic rings. The van der Waals surface area contributed by atoms with Gasteiger partial charge in [-0.1, -0.05) is 30.0 Å². The van der Waals surface area contributed by atoms with Crippen LogP contribution in [-0.2, 0) is 4.79 Å². The lowest BCUT2D eigenvalue weighted by molar-refractivity contribution is -0.394. The van der Waals surface area contributed by atoms with Crippen molar-refractivity contribution in [3.8, 4) is 17.2 Å². The summed E-state index contributed by atoms with van der Waals surface area (Å²) >= 11 is 6.39. The van der Waals surface area contributed by atoms with Gasteiger partial charge >= 0.3 is 5.69 Å². The van der Waals surface area contributed by atoms with Crippen LogP contribution in [-0.4, -0.2) is 38.6 Å². The van der Waals surface area contributed by atoms with E-state index in [-0.39, 0.29) is 23.2 Å². The number of nitro groups is 2. The van der Waals surface area contributed by atoms with Crippen molar-refractivity contribution in [3.63, 3.8) is 0 Å². The molecule has 31 heavy (non-hydrogen) atoms.